The van der Waals surface area contributed by atoms with E-state index in [1.807, 2.05) is 12.1 Å². The van der Waals surface area contributed by atoms with Gasteiger partial charge in [0, 0.05) is 22.5 Å². The highest BCUT2D eigenvalue weighted by molar-refractivity contribution is 7.99. The highest BCUT2D eigenvalue weighted by atomic mass is 35.5. The lowest BCUT2D eigenvalue weighted by Gasteiger charge is -2.10. The number of amides is 1. The predicted octanol–water partition coefficient (Wildman–Crippen LogP) is 5.43. The molecule has 0 spiro atoms. The van der Waals surface area contributed by atoms with E-state index in [0.717, 1.165) is 29.5 Å². The van der Waals surface area contributed by atoms with E-state index in [4.69, 9.17) is 11.6 Å². The van der Waals surface area contributed by atoms with Gasteiger partial charge in [0.1, 0.15) is 5.75 Å². The molecule has 1 amide bonds. The zero-order chi connectivity index (χ0) is 20.9. The van der Waals surface area contributed by atoms with E-state index in [9.17, 15) is 18.0 Å². The maximum absolute atomic E-state index is 12.2. The van der Waals surface area contributed by atoms with Crippen molar-refractivity contribution in [2.75, 3.05) is 11.1 Å². The molecule has 0 aliphatic rings. The molecule has 0 unspecified atom stereocenters. The molecule has 0 bridgehead atoms. The molecule has 0 aliphatic heterocycles. The quantitative estimate of drug-likeness (QED) is 0.410. The van der Waals surface area contributed by atoms with Crippen LogP contribution in [-0.4, -0.2) is 28.0 Å². The molecule has 3 rings (SSSR count). The Bertz CT molecular complexity index is 983. The smallest absolute Gasteiger partial charge is 0.406 e. The number of thioether (sulfide) groups is 1. The molecule has 1 N–H and O–H groups in total. The summed E-state index contributed by atoms with van der Waals surface area (Å²) in [5.41, 5.74) is 1.91. The number of hydrogen-bond acceptors (Lipinski definition) is 5. The van der Waals surface area contributed by atoms with Gasteiger partial charge in [-0.25, -0.2) is 9.97 Å². The molecule has 5 nitrogen and oxygen atoms in total. The van der Waals surface area contributed by atoms with Crippen molar-refractivity contribution in [1.29, 1.82) is 0 Å². The third-order valence-electron chi connectivity index (χ3n) is 3.48. The molecule has 0 radical (unpaired) electrons. The first-order valence-corrected chi connectivity index (χ1v) is 9.52. The second-order valence-electron chi connectivity index (χ2n) is 5.64. The molecular weight excluding hydrogens is 427 g/mol. The Morgan fingerprint density at radius 1 is 1.07 bits per heavy atom. The number of carbonyl (C=O) groups excluding carboxylic acids is 1. The van der Waals surface area contributed by atoms with Crippen LogP contribution < -0.4 is 10.1 Å². The largest absolute Gasteiger partial charge is 0.573 e. The van der Waals surface area contributed by atoms with Crippen molar-refractivity contribution in [3.05, 3.63) is 65.8 Å². The van der Waals surface area contributed by atoms with Gasteiger partial charge in [0.2, 0.25) is 5.91 Å². The third kappa shape index (κ3) is 6.65. The van der Waals surface area contributed by atoms with E-state index in [2.05, 4.69) is 20.0 Å². The molecule has 0 atom stereocenters. The number of anilines is 1. The van der Waals surface area contributed by atoms with Gasteiger partial charge in [-0.15, -0.1) is 13.2 Å². The van der Waals surface area contributed by atoms with Crippen LogP contribution in [0.3, 0.4) is 0 Å². The summed E-state index contributed by atoms with van der Waals surface area (Å²) in [7, 11) is 0. The van der Waals surface area contributed by atoms with Crippen LogP contribution >= 0.6 is 23.4 Å². The second-order valence-corrected chi connectivity index (χ2v) is 7.02. The summed E-state index contributed by atoms with van der Waals surface area (Å²) in [6, 6.07) is 13.8. The van der Waals surface area contributed by atoms with Gasteiger partial charge in [0.05, 0.1) is 11.4 Å². The number of ether oxygens (including phenoxy) is 1. The number of benzene rings is 2. The summed E-state index contributed by atoms with van der Waals surface area (Å²) < 4.78 is 40.2. The van der Waals surface area contributed by atoms with Crippen molar-refractivity contribution in [3.8, 4) is 17.0 Å². The van der Waals surface area contributed by atoms with Gasteiger partial charge in [-0.3, -0.25) is 4.79 Å². The zero-order valence-electron chi connectivity index (χ0n) is 14.6. The van der Waals surface area contributed by atoms with E-state index >= 15 is 0 Å². The van der Waals surface area contributed by atoms with E-state index in [0.29, 0.717) is 21.6 Å². The molecule has 1 heterocycles. The molecule has 3 aromatic rings. The minimum Gasteiger partial charge on any atom is -0.406 e. The Hall–Kier alpha value is -2.78. The average Bonchev–Trinajstić information content (AvgIpc) is 2.68. The molecule has 1 aromatic heterocycles. The third-order valence-corrected chi connectivity index (χ3v) is 4.59. The average molecular weight is 440 g/mol. The fourth-order valence-electron chi connectivity index (χ4n) is 2.26. The number of nitrogens with zero attached hydrogens (tertiary/aromatic N) is 2. The van der Waals surface area contributed by atoms with Gasteiger partial charge in [-0.05, 0) is 42.5 Å². The summed E-state index contributed by atoms with van der Waals surface area (Å²) in [4.78, 5) is 20.6. The number of carbonyl (C=O) groups is 1. The first kappa shape index (κ1) is 20.9. The molecule has 0 saturated heterocycles. The summed E-state index contributed by atoms with van der Waals surface area (Å²) >= 11 is 7.02. The Labute approximate surface area is 173 Å². The standard InChI is InChI=1S/C19H13ClF3N3O2S/c20-13-3-1-12(2-4-13)16-9-10-24-18(26-16)29-11-17(27)25-14-5-7-15(8-6-14)28-19(21,22)23/h1-10H,11H2,(H,25,27). The van der Waals surface area contributed by atoms with Crippen LogP contribution in [0.1, 0.15) is 0 Å². The van der Waals surface area contributed by atoms with Gasteiger partial charge in [0.15, 0.2) is 5.16 Å². The van der Waals surface area contributed by atoms with Crippen LogP contribution in [0.5, 0.6) is 5.75 Å². The van der Waals surface area contributed by atoms with E-state index in [1.165, 1.54) is 12.1 Å². The molecule has 10 heteroatoms. The molecule has 0 aliphatic carbocycles. The van der Waals surface area contributed by atoms with Gasteiger partial charge < -0.3 is 10.1 Å². The summed E-state index contributed by atoms with van der Waals surface area (Å²) in [5.74, 6) is -0.678. The topological polar surface area (TPSA) is 64.1 Å². The van der Waals surface area contributed by atoms with Crippen molar-refractivity contribution in [1.82, 2.24) is 9.97 Å². The lowest BCUT2D eigenvalue weighted by molar-refractivity contribution is -0.274. The number of nitrogens with one attached hydrogen (secondary N) is 1. The van der Waals surface area contributed by atoms with E-state index < -0.39 is 6.36 Å². The Kier molecular flexibility index (Phi) is 6.60. The number of rotatable bonds is 6. The van der Waals surface area contributed by atoms with Gasteiger partial charge >= 0.3 is 6.36 Å². The zero-order valence-corrected chi connectivity index (χ0v) is 16.2. The first-order valence-electron chi connectivity index (χ1n) is 8.16. The van der Waals surface area contributed by atoms with Crippen LogP contribution in [-0.2, 0) is 4.79 Å². The Morgan fingerprint density at radius 2 is 1.76 bits per heavy atom. The summed E-state index contributed by atoms with van der Waals surface area (Å²) in [6.07, 6.45) is -3.17. The molecule has 29 heavy (non-hydrogen) atoms. The van der Waals surface area contributed by atoms with Crippen LogP contribution in [0.2, 0.25) is 5.02 Å². The van der Waals surface area contributed by atoms with Gasteiger partial charge in [0.25, 0.3) is 0 Å². The predicted molar refractivity (Wildman–Crippen MR) is 105 cm³/mol. The van der Waals surface area contributed by atoms with Crippen molar-refractivity contribution >= 4 is 35.0 Å². The monoisotopic (exact) mass is 439 g/mol. The van der Waals surface area contributed by atoms with E-state index in [1.54, 1.807) is 24.4 Å². The maximum Gasteiger partial charge on any atom is 0.573 e. The highest BCUT2D eigenvalue weighted by Crippen LogP contribution is 2.25. The van der Waals surface area contributed by atoms with Crippen LogP contribution in [0, 0.1) is 0 Å². The van der Waals surface area contributed by atoms with Gasteiger partial charge in [-0.2, -0.15) is 0 Å². The van der Waals surface area contributed by atoms with Crippen LogP contribution in [0.15, 0.2) is 66.0 Å². The SMILES string of the molecule is O=C(CSc1nccc(-c2ccc(Cl)cc2)n1)Nc1ccc(OC(F)(F)F)cc1. The number of halogens is 4. The molecule has 150 valence electrons. The fraction of sp³-hybridized carbons (Fsp3) is 0.105. The van der Waals surface area contributed by atoms with Crippen LogP contribution in [0.25, 0.3) is 11.3 Å². The summed E-state index contributed by atoms with van der Waals surface area (Å²) in [6.45, 7) is 0. The Balaban J connectivity index is 1.55. The second kappa shape index (κ2) is 9.15. The lowest BCUT2D eigenvalue weighted by Crippen LogP contribution is -2.17. The minimum absolute atomic E-state index is 0.0326. The first-order chi connectivity index (χ1) is 13.8. The van der Waals surface area contributed by atoms with Crippen molar-refractivity contribution in [2.45, 2.75) is 11.5 Å². The Morgan fingerprint density at radius 3 is 2.41 bits per heavy atom. The van der Waals surface area contributed by atoms with E-state index in [-0.39, 0.29) is 17.4 Å². The van der Waals surface area contributed by atoms with Crippen molar-refractivity contribution in [3.63, 3.8) is 0 Å². The normalized spacial score (nSPS) is 11.2. The minimum atomic E-state index is -4.76. The maximum atomic E-state index is 12.2. The lowest BCUT2D eigenvalue weighted by atomic mass is 10.1. The molecule has 2 aromatic carbocycles. The van der Waals surface area contributed by atoms with Crippen LogP contribution in [0.4, 0.5) is 18.9 Å². The number of aromatic nitrogens is 2. The number of alkyl halides is 3. The van der Waals surface area contributed by atoms with Crippen molar-refractivity contribution < 1.29 is 22.7 Å². The number of hydrogen-bond donors (Lipinski definition) is 1. The molecule has 0 saturated carbocycles. The fourth-order valence-corrected chi connectivity index (χ4v) is 3.02. The highest BCUT2D eigenvalue weighted by Gasteiger charge is 2.30. The molecular formula is C19H13ClF3N3O2S. The van der Waals surface area contributed by atoms with Crippen molar-refractivity contribution in [2.24, 2.45) is 0 Å². The molecule has 0 fully saturated rings. The summed E-state index contributed by atoms with van der Waals surface area (Å²) in [5, 5.41) is 3.62. The van der Waals surface area contributed by atoms with Gasteiger partial charge in [-0.1, -0.05) is 35.5 Å².